The SMILES string of the molecule is Nc1nc(NC2CCCCC2)c2nc(-c3ccc(F)cc3)ccc2n1. The lowest BCUT2D eigenvalue weighted by Crippen LogP contribution is -2.23. The quantitative estimate of drug-likeness (QED) is 0.750. The standard InChI is InChI=1S/C19H20FN5/c20-13-8-6-12(7-9-13)15-10-11-16-17(23-15)18(25-19(21)24-16)22-14-4-2-1-3-5-14/h6-11,14H,1-5H2,(H3,21,22,24,25). The maximum absolute atomic E-state index is 13.2. The zero-order chi connectivity index (χ0) is 17.2. The Balaban J connectivity index is 1.75. The number of fused-ring (bicyclic) bond motifs is 1. The van der Waals surface area contributed by atoms with E-state index in [1.165, 1.54) is 31.4 Å². The van der Waals surface area contributed by atoms with E-state index in [1.54, 1.807) is 12.1 Å². The Bertz CT molecular complexity index is 888. The van der Waals surface area contributed by atoms with Crippen molar-refractivity contribution in [3.63, 3.8) is 0 Å². The number of aromatic nitrogens is 3. The van der Waals surface area contributed by atoms with E-state index in [-0.39, 0.29) is 11.8 Å². The van der Waals surface area contributed by atoms with E-state index in [0.29, 0.717) is 22.9 Å². The molecule has 0 amide bonds. The van der Waals surface area contributed by atoms with Gasteiger partial charge in [-0.05, 0) is 49.2 Å². The fourth-order valence-corrected chi connectivity index (χ4v) is 3.35. The molecule has 6 heteroatoms. The molecule has 0 radical (unpaired) electrons. The van der Waals surface area contributed by atoms with Gasteiger partial charge in [-0.15, -0.1) is 0 Å². The third-order valence-corrected chi connectivity index (χ3v) is 4.65. The highest BCUT2D eigenvalue weighted by molar-refractivity contribution is 5.88. The molecule has 5 nitrogen and oxygen atoms in total. The minimum atomic E-state index is -0.264. The van der Waals surface area contributed by atoms with Gasteiger partial charge in [0.05, 0.1) is 11.2 Å². The molecule has 1 aliphatic carbocycles. The fourth-order valence-electron chi connectivity index (χ4n) is 3.35. The molecule has 0 unspecified atom stereocenters. The number of nitrogens with one attached hydrogen (secondary N) is 1. The Labute approximate surface area is 145 Å². The molecule has 1 aliphatic rings. The molecule has 128 valence electrons. The van der Waals surface area contributed by atoms with Crippen LogP contribution in [0.5, 0.6) is 0 Å². The van der Waals surface area contributed by atoms with Gasteiger partial charge in [0, 0.05) is 11.6 Å². The molecule has 3 N–H and O–H groups in total. The third-order valence-electron chi connectivity index (χ3n) is 4.65. The first-order valence-electron chi connectivity index (χ1n) is 8.66. The molecule has 3 aromatic rings. The van der Waals surface area contributed by atoms with E-state index in [9.17, 15) is 4.39 Å². The first kappa shape index (κ1) is 15.7. The normalized spacial score (nSPS) is 15.4. The molecule has 25 heavy (non-hydrogen) atoms. The first-order valence-corrected chi connectivity index (χ1v) is 8.66. The van der Waals surface area contributed by atoms with Crippen molar-refractivity contribution in [2.24, 2.45) is 0 Å². The average Bonchev–Trinajstić information content (AvgIpc) is 2.63. The largest absolute Gasteiger partial charge is 0.368 e. The van der Waals surface area contributed by atoms with Gasteiger partial charge in [0.15, 0.2) is 5.82 Å². The van der Waals surface area contributed by atoms with Gasteiger partial charge in [0.25, 0.3) is 0 Å². The number of rotatable bonds is 3. The topological polar surface area (TPSA) is 76.7 Å². The second-order valence-electron chi connectivity index (χ2n) is 6.48. The second kappa shape index (κ2) is 6.63. The zero-order valence-corrected chi connectivity index (χ0v) is 13.9. The molecule has 1 saturated carbocycles. The van der Waals surface area contributed by atoms with E-state index < -0.39 is 0 Å². The second-order valence-corrected chi connectivity index (χ2v) is 6.48. The first-order chi connectivity index (χ1) is 12.2. The molecule has 0 atom stereocenters. The van der Waals surface area contributed by atoms with Crippen LogP contribution in [-0.2, 0) is 0 Å². The van der Waals surface area contributed by atoms with E-state index in [4.69, 9.17) is 10.7 Å². The highest BCUT2D eigenvalue weighted by Crippen LogP contribution is 2.27. The van der Waals surface area contributed by atoms with Crippen molar-refractivity contribution >= 4 is 22.8 Å². The molecule has 1 aromatic carbocycles. The number of pyridine rings is 1. The van der Waals surface area contributed by atoms with Gasteiger partial charge < -0.3 is 11.1 Å². The van der Waals surface area contributed by atoms with Crippen molar-refractivity contribution in [2.45, 2.75) is 38.1 Å². The Morgan fingerprint density at radius 1 is 0.920 bits per heavy atom. The van der Waals surface area contributed by atoms with Crippen LogP contribution in [0.3, 0.4) is 0 Å². The third kappa shape index (κ3) is 3.38. The van der Waals surface area contributed by atoms with Gasteiger partial charge in [0.1, 0.15) is 11.3 Å². The van der Waals surface area contributed by atoms with Gasteiger partial charge in [-0.1, -0.05) is 19.3 Å². The summed E-state index contributed by atoms with van der Waals surface area (Å²) >= 11 is 0. The molecular weight excluding hydrogens is 317 g/mol. The summed E-state index contributed by atoms with van der Waals surface area (Å²) in [4.78, 5) is 13.4. The van der Waals surface area contributed by atoms with Crippen LogP contribution in [0.2, 0.25) is 0 Å². The molecule has 0 spiro atoms. The number of nitrogens with zero attached hydrogens (tertiary/aromatic N) is 3. The number of hydrogen-bond acceptors (Lipinski definition) is 5. The summed E-state index contributed by atoms with van der Waals surface area (Å²) in [5.74, 6) is 0.654. The predicted octanol–water partition coefficient (Wildman–Crippen LogP) is 4.16. The van der Waals surface area contributed by atoms with Crippen LogP contribution in [0.25, 0.3) is 22.3 Å². The fraction of sp³-hybridized carbons (Fsp3) is 0.316. The summed E-state index contributed by atoms with van der Waals surface area (Å²) in [6.07, 6.45) is 6.00. The van der Waals surface area contributed by atoms with Crippen molar-refractivity contribution in [2.75, 3.05) is 11.1 Å². The molecule has 2 aromatic heterocycles. The Morgan fingerprint density at radius 2 is 1.68 bits per heavy atom. The van der Waals surface area contributed by atoms with Crippen LogP contribution in [-0.4, -0.2) is 21.0 Å². The van der Waals surface area contributed by atoms with E-state index in [2.05, 4.69) is 15.3 Å². The minimum Gasteiger partial charge on any atom is -0.368 e. The highest BCUT2D eigenvalue weighted by atomic mass is 19.1. The lowest BCUT2D eigenvalue weighted by atomic mass is 9.95. The monoisotopic (exact) mass is 337 g/mol. The smallest absolute Gasteiger partial charge is 0.222 e. The summed E-state index contributed by atoms with van der Waals surface area (Å²) in [6.45, 7) is 0. The summed E-state index contributed by atoms with van der Waals surface area (Å²) in [5, 5.41) is 3.50. The predicted molar refractivity (Wildman–Crippen MR) is 97.6 cm³/mol. The summed E-state index contributed by atoms with van der Waals surface area (Å²) in [6, 6.07) is 10.4. The zero-order valence-electron chi connectivity index (χ0n) is 13.9. The Kier molecular flexibility index (Phi) is 4.17. The van der Waals surface area contributed by atoms with E-state index in [1.807, 2.05) is 12.1 Å². The summed E-state index contributed by atoms with van der Waals surface area (Å²) in [5.41, 5.74) is 8.87. The number of nitrogen functional groups attached to an aromatic ring is 1. The molecule has 1 fully saturated rings. The van der Waals surface area contributed by atoms with Crippen molar-refractivity contribution in [1.82, 2.24) is 15.0 Å². The molecule has 0 saturated heterocycles. The van der Waals surface area contributed by atoms with Crippen LogP contribution < -0.4 is 11.1 Å². The maximum atomic E-state index is 13.2. The maximum Gasteiger partial charge on any atom is 0.222 e. The van der Waals surface area contributed by atoms with Gasteiger partial charge in [-0.2, -0.15) is 4.98 Å². The molecule has 0 bridgehead atoms. The number of nitrogens with two attached hydrogens (primary N) is 1. The molecule has 0 aliphatic heterocycles. The summed E-state index contributed by atoms with van der Waals surface area (Å²) in [7, 11) is 0. The van der Waals surface area contributed by atoms with E-state index >= 15 is 0 Å². The number of benzene rings is 1. The van der Waals surface area contributed by atoms with Crippen LogP contribution in [0, 0.1) is 5.82 Å². The van der Waals surface area contributed by atoms with Crippen LogP contribution >= 0.6 is 0 Å². The van der Waals surface area contributed by atoms with Gasteiger partial charge in [-0.3, -0.25) is 0 Å². The van der Waals surface area contributed by atoms with Crippen LogP contribution in [0.1, 0.15) is 32.1 Å². The minimum absolute atomic E-state index is 0.238. The number of hydrogen-bond donors (Lipinski definition) is 2. The highest BCUT2D eigenvalue weighted by Gasteiger charge is 2.17. The molecular formula is C19H20FN5. The van der Waals surface area contributed by atoms with Gasteiger partial charge >= 0.3 is 0 Å². The van der Waals surface area contributed by atoms with Gasteiger partial charge in [-0.25, -0.2) is 14.4 Å². The molecule has 4 rings (SSSR count). The lowest BCUT2D eigenvalue weighted by molar-refractivity contribution is 0.462. The summed E-state index contributed by atoms with van der Waals surface area (Å²) < 4.78 is 13.2. The Hall–Kier alpha value is -2.76. The number of anilines is 2. The number of halogens is 1. The van der Waals surface area contributed by atoms with Crippen molar-refractivity contribution in [1.29, 1.82) is 0 Å². The average molecular weight is 337 g/mol. The van der Waals surface area contributed by atoms with Crippen molar-refractivity contribution < 1.29 is 4.39 Å². The lowest BCUT2D eigenvalue weighted by Gasteiger charge is -2.23. The van der Waals surface area contributed by atoms with E-state index in [0.717, 1.165) is 24.1 Å². The van der Waals surface area contributed by atoms with Gasteiger partial charge in [0.2, 0.25) is 5.95 Å². The molecule has 2 heterocycles. The van der Waals surface area contributed by atoms with Crippen molar-refractivity contribution in [3.8, 4) is 11.3 Å². The van der Waals surface area contributed by atoms with Crippen LogP contribution in [0.15, 0.2) is 36.4 Å². The van der Waals surface area contributed by atoms with Crippen LogP contribution in [0.4, 0.5) is 16.2 Å². The Morgan fingerprint density at radius 3 is 2.44 bits per heavy atom. The van der Waals surface area contributed by atoms with Crippen molar-refractivity contribution in [3.05, 3.63) is 42.2 Å².